The van der Waals surface area contributed by atoms with Crippen LogP contribution < -0.4 is 15.8 Å². The predicted molar refractivity (Wildman–Crippen MR) is 101 cm³/mol. The van der Waals surface area contributed by atoms with Crippen molar-refractivity contribution in [3.05, 3.63) is 52.9 Å². The third-order valence-electron chi connectivity index (χ3n) is 5.20. The minimum atomic E-state index is -0.562. The van der Waals surface area contributed by atoms with Crippen molar-refractivity contribution in [3.8, 4) is 5.75 Å². The van der Waals surface area contributed by atoms with Crippen molar-refractivity contribution >= 4 is 17.5 Å². The van der Waals surface area contributed by atoms with Crippen LogP contribution in [0.3, 0.4) is 0 Å². The van der Waals surface area contributed by atoms with Gasteiger partial charge in [-0.15, -0.1) is 0 Å². The molecule has 4 rings (SSSR count). The molecule has 0 unspecified atom stereocenters. The van der Waals surface area contributed by atoms with Crippen LogP contribution in [0.15, 0.2) is 41.7 Å². The second kappa shape index (κ2) is 5.97. The zero-order chi connectivity index (χ0) is 19.3. The highest BCUT2D eigenvalue weighted by Crippen LogP contribution is 2.47. The van der Waals surface area contributed by atoms with Gasteiger partial charge in [0.15, 0.2) is 5.78 Å². The number of amides is 1. The number of fused-ring (bicyclic) bond motifs is 1. The fourth-order valence-electron chi connectivity index (χ4n) is 4.07. The van der Waals surface area contributed by atoms with Crippen molar-refractivity contribution in [1.29, 1.82) is 0 Å². The first kappa shape index (κ1) is 17.3. The third-order valence-corrected chi connectivity index (χ3v) is 5.20. The van der Waals surface area contributed by atoms with Crippen molar-refractivity contribution < 1.29 is 14.3 Å². The van der Waals surface area contributed by atoms with Gasteiger partial charge in [-0.05, 0) is 17.9 Å². The number of carbonyl (C=O) groups is 2. The lowest BCUT2D eigenvalue weighted by atomic mass is 9.73. The number of aromatic nitrogens is 2. The number of primary amides is 1. The van der Waals surface area contributed by atoms with Gasteiger partial charge in [-0.25, -0.2) is 4.68 Å². The standard InChI is InChI=1S/C20H22N4O3/c1-20(2)8-13-16(14(25)9-20)17(11-6-4-5-7-15(11)27-3)24-19(23-13)12(10-22-24)18(21)26/h4-7,10,17,23H,8-9H2,1-3H3,(H2,21,26)/t17-/m0/s1. The number of hydrogen-bond acceptors (Lipinski definition) is 5. The lowest BCUT2D eigenvalue weighted by Crippen LogP contribution is -2.37. The van der Waals surface area contributed by atoms with Gasteiger partial charge in [0, 0.05) is 23.3 Å². The number of nitrogens with zero attached hydrogens (tertiary/aromatic N) is 2. The van der Waals surface area contributed by atoms with Gasteiger partial charge in [-0.3, -0.25) is 9.59 Å². The van der Waals surface area contributed by atoms with E-state index in [-0.39, 0.29) is 11.2 Å². The van der Waals surface area contributed by atoms with Gasteiger partial charge >= 0.3 is 0 Å². The van der Waals surface area contributed by atoms with E-state index in [4.69, 9.17) is 10.5 Å². The number of nitrogens with two attached hydrogens (primary N) is 1. The van der Waals surface area contributed by atoms with Crippen LogP contribution in [0.5, 0.6) is 5.75 Å². The van der Waals surface area contributed by atoms with Crippen molar-refractivity contribution in [2.24, 2.45) is 11.1 Å². The molecule has 0 bridgehead atoms. The lowest BCUT2D eigenvalue weighted by molar-refractivity contribution is -0.118. The Bertz CT molecular complexity index is 987. The van der Waals surface area contributed by atoms with Crippen LogP contribution in [-0.4, -0.2) is 28.6 Å². The van der Waals surface area contributed by atoms with Gasteiger partial charge in [0.25, 0.3) is 5.91 Å². The first-order chi connectivity index (χ1) is 12.8. The largest absolute Gasteiger partial charge is 0.496 e. The summed E-state index contributed by atoms with van der Waals surface area (Å²) in [5.41, 5.74) is 7.99. The Hall–Kier alpha value is -3.09. The summed E-state index contributed by atoms with van der Waals surface area (Å²) in [7, 11) is 1.60. The summed E-state index contributed by atoms with van der Waals surface area (Å²) in [5, 5.41) is 7.65. The topological polar surface area (TPSA) is 99.2 Å². The van der Waals surface area contributed by atoms with Crippen LogP contribution in [0.2, 0.25) is 0 Å². The minimum absolute atomic E-state index is 0.0754. The number of anilines is 1. The SMILES string of the molecule is COc1ccccc1[C@H]1C2=C(CC(C)(C)CC2=O)Nc2c(C(N)=O)cnn21. The van der Waals surface area contributed by atoms with Crippen LogP contribution in [0, 0.1) is 5.41 Å². The van der Waals surface area contributed by atoms with Crippen molar-refractivity contribution in [2.45, 2.75) is 32.7 Å². The molecule has 1 aromatic carbocycles. The molecule has 0 radical (unpaired) electrons. The highest BCUT2D eigenvalue weighted by Gasteiger charge is 2.42. The van der Waals surface area contributed by atoms with Crippen LogP contribution in [0.1, 0.15) is 48.7 Å². The third kappa shape index (κ3) is 2.70. The number of para-hydroxylation sites is 1. The van der Waals surface area contributed by atoms with Gasteiger partial charge in [-0.2, -0.15) is 5.10 Å². The number of ketones is 1. The Kier molecular flexibility index (Phi) is 3.83. The number of allylic oxidation sites excluding steroid dienone is 2. The predicted octanol–water partition coefficient (Wildman–Crippen LogP) is 2.65. The molecule has 1 aromatic heterocycles. The second-order valence-corrected chi connectivity index (χ2v) is 7.82. The maximum atomic E-state index is 13.1. The molecule has 140 valence electrons. The average Bonchev–Trinajstić information content (AvgIpc) is 3.02. The average molecular weight is 366 g/mol. The molecule has 1 amide bonds. The highest BCUT2D eigenvalue weighted by atomic mass is 16.5. The number of hydrogen-bond donors (Lipinski definition) is 2. The van der Waals surface area contributed by atoms with E-state index in [9.17, 15) is 9.59 Å². The van der Waals surface area contributed by atoms with E-state index in [1.807, 2.05) is 24.3 Å². The molecule has 2 aromatic rings. The van der Waals surface area contributed by atoms with Crippen LogP contribution in [0.25, 0.3) is 0 Å². The van der Waals surface area contributed by atoms with Crippen LogP contribution in [0.4, 0.5) is 5.82 Å². The summed E-state index contributed by atoms with van der Waals surface area (Å²) in [6, 6.07) is 7.08. The Balaban J connectivity index is 1.98. The minimum Gasteiger partial charge on any atom is -0.496 e. The van der Waals surface area contributed by atoms with Crippen molar-refractivity contribution in [1.82, 2.24) is 9.78 Å². The van der Waals surface area contributed by atoms with E-state index < -0.39 is 11.9 Å². The molecule has 0 saturated carbocycles. The Morgan fingerprint density at radius 1 is 1.33 bits per heavy atom. The second-order valence-electron chi connectivity index (χ2n) is 7.82. The molecule has 1 aliphatic carbocycles. The molecular weight excluding hydrogens is 344 g/mol. The number of methoxy groups -OCH3 is 1. The van der Waals surface area contributed by atoms with E-state index in [0.29, 0.717) is 35.5 Å². The number of Topliss-reactive ketones (excluding diaryl/α,β-unsaturated/α-hetero) is 1. The van der Waals surface area contributed by atoms with Crippen molar-refractivity contribution in [2.75, 3.05) is 12.4 Å². The Morgan fingerprint density at radius 3 is 2.78 bits per heavy atom. The molecule has 0 spiro atoms. The molecular formula is C20H22N4O3. The summed E-state index contributed by atoms with van der Waals surface area (Å²) in [6.07, 6.45) is 2.60. The van der Waals surface area contributed by atoms with Gasteiger partial charge in [0.2, 0.25) is 0 Å². The maximum absolute atomic E-state index is 13.1. The number of nitrogens with one attached hydrogen (secondary N) is 1. The normalized spacial score (nSPS) is 20.6. The highest BCUT2D eigenvalue weighted by molar-refractivity contribution is 6.02. The van der Waals surface area contributed by atoms with Gasteiger partial charge in [0.05, 0.1) is 13.3 Å². The molecule has 3 N–H and O–H groups in total. The molecule has 2 heterocycles. The van der Waals surface area contributed by atoms with Gasteiger partial charge in [0.1, 0.15) is 23.2 Å². The molecule has 27 heavy (non-hydrogen) atoms. The quantitative estimate of drug-likeness (QED) is 0.870. The van der Waals surface area contributed by atoms with E-state index in [0.717, 1.165) is 11.3 Å². The number of ether oxygens (including phenoxy) is 1. The summed E-state index contributed by atoms with van der Waals surface area (Å²) >= 11 is 0. The van der Waals surface area contributed by atoms with E-state index in [1.165, 1.54) is 6.20 Å². The van der Waals surface area contributed by atoms with E-state index >= 15 is 0 Å². The fourth-order valence-corrected chi connectivity index (χ4v) is 4.07. The number of benzene rings is 1. The molecule has 1 aliphatic heterocycles. The summed E-state index contributed by atoms with van der Waals surface area (Å²) in [5.74, 6) is 0.693. The summed E-state index contributed by atoms with van der Waals surface area (Å²) in [6.45, 7) is 4.13. The molecule has 0 fully saturated rings. The van der Waals surface area contributed by atoms with Crippen LogP contribution in [-0.2, 0) is 4.79 Å². The van der Waals surface area contributed by atoms with Crippen molar-refractivity contribution in [3.63, 3.8) is 0 Å². The first-order valence-corrected chi connectivity index (χ1v) is 8.86. The fraction of sp³-hybridized carbons (Fsp3) is 0.350. The Labute approximate surface area is 157 Å². The molecule has 0 saturated heterocycles. The smallest absolute Gasteiger partial charge is 0.254 e. The van der Waals surface area contributed by atoms with Crippen LogP contribution >= 0.6 is 0 Å². The summed E-state index contributed by atoms with van der Waals surface area (Å²) < 4.78 is 7.20. The summed E-state index contributed by atoms with van der Waals surface area (Å²) in [4.78, 5) is 25.0. The zero-order valence-electron chi connectivity index (χ0n) is 15.6. The molecule has 7 heteroatoms. The van der Waals surface area contributed by atoms with E-state index in [2.05, 4.69) is 24.3 Å². The van der Waals surface area contributed by atoms with E-state index in [1.54, 1.807) is 11.8 Å². The Morgan fingerprint density at radius 2 is 2.07 bits per heavy atom. The molecule has 7 nitrogen and oxygen atoms in total. The zero-order valence-corrected chi connectivity index (χ0v) is 15.6. The van der Waals surface area contributed by atoms with Gasteiger partial charge in [-0.1, -0.05) is 32.0 Å². The van der Waals surface area contributed by atoms with Gasteiger partial charge < -0.3 is 15.8 Å². The number of rotatable bonds is 3. The molecule has 1 atom stereocenters. The lowest BCUT2D eigenvalue weighted by Gasteiger charge is -2.39. The monoisotopic (exact) mass is 366 g/mol. The maximum Gasteiger partial charge on any atom is 0.254 e. The first-order valence-electron chi connectivity index (χ1n) is 8.86. The number of carbonyl (C=O) groups excluding carboxylic acids is 2. The molecule has 2 aliphatic rings.